The highest BCUT2D eigenvalue weighted by Gasteiger charge is 2.22. The summed E-state index contributed by atoms with van der Waals surface area (Å²) in [7, 11) is -3.56. The maximum absolute atomic E-state index is 13.1. The molecule has 23 heavy (non-hydrogen) atoms. The molecule has 0 unspecified atom stereocenters. The van der Waals surface area contributed by atoms with Crippen molar-refractivity contribution in [2.45, 2.75) is 16.7 Å². The molecule has 1 N–H and O–H groups in total. The van der Waals surface area contributed by atoms with Crippen LogP contribution in [0.25, 0.3) is 21.8 Å². The van der Waals surface area contributed by atoms with Crippen molar-refractivity contribution in [1.29, 1.82) is 0 Å². The van der Waals surface area contributed by atoms with Gasteiger partial charge >= 0.3 is 0 Å². The predicted molar refractivity (Wildman–Crippen MR) is 92.4 cm³/mol. The number of benzene rings is 3. The van der Waals surface area contributed by atoms with Crippen LogP contribution in [0.5, 0.6) is 0 Å². The van der Waals surface area contributed by atoms with Gasteiger partial charge in [-0.1, -0.05) is 42.0 Å². The van der Waals surface area contributed by atoms with E-state index in [9.17, 15) is 8.42 Å². The van der Waals surface area contributed by atoms with Gasteiger partial charge in [0.2, 0.25) is 9.84 Å². The number of hydrogen-bond acceptors (Lipinski definition) is 2. The van der Waals surface area contributed by atoms with Crippen LogP contribution < -0.4 is 0 Å². The third-order valence-electron chi connectivity index (χ3n) is 4.11. The minimum atomic E-state index is -3.56. The van der Waals surface area contributed by atoms with Crippen LogP contribution >= 0.6 is 0 Å². The van der Waals surface area contributed by atoms with Crippen molar-refractivity contribution in [3.63, 3.8) is 0 Å². The van der Waals surface area contributed by atoms with Gasteiger partial charge in [0.25, 0.3) is 0 Å². The van der Waals surface area contributed by atoms with Gasteiger partial charge in [0.1, 0.15) is 0 Å². The average molecular weight is 321 g/mol. The molecule has 0 fully saturated rings. The summed E-state index contributed by atoms with van der Waals surface area (Å²) in [6, 6.07) is 20.1. The van der Waals surface area contributed by atoms with Gasteiger partial charge in [0.15, 0.2) is 0 Å². The number of fused-ring (bicyclic) bond motifs is 3. The third kappa shape index (κ3) is 2.14. The standard InChI is InChI=1S/C19H15NO2S/c1-13-9-11-14(12-10-13)23(21,22)18-8-4-7-17-19(18)15-5-2-3-6-16(15)20-17/h2-12,20H,1H3. The zero-order valence-electron chi connectivity index (χ0n) is 12.6. The van der Waals surface area contributed by atoms with Crippen LogP contribution in [0.3, 0.4) is 0 Å². The van der Waals surface area contributed by atoms with Crippen LogP contribution in [-0.2, 0) is 9.84 Å². The topological polar surface area (TPSA) is 49.9 Å². The molecule has 0 aliphatic carbocycles. The number of aryl methyl sites for hydroxylation is 1. The van der Waals surface area contributed by atoms with Gasteiger partial charge in [0.05, 0.1) is 9.79 Å². The Kier molecular flexibility index (Phi) is 3.03. The molecule has 0 atom stereocenters. The van der Waals surface area contributed by atoms with E-state index >= 15 is 0 Å². The molecule has 4 heteroatoms. The lowest BCUT2D eigenvalue weighted by atomic mass is 10.1. The number of aromatic amines is 1. The number of para-hydroxylation sites is 1. The molecule has 0 saturated heterocycles. The number of H-pyrrole nitrogens is 1. The first-order chi connectivity index (χ1) is 11.1. The Labute approximate surface area is 134 Å². The quantitative estimate of drug-likeness (QED) is 0.592. The number of sulfone groups is 1. The van der Waals surface area contributed by atoms with Crippen molar-refractivity contribution < 1.29 is 8.42 Å². The molecule has 0 radical (unpaired) electrons. The lowest BCUT2D eigenvalue weighted by Crippen LogP contribution is -2.02. The average Bonchev–Trinajstić information content (AvgIpc) is 2.93. The summed E-state index contributed by atoms with van der Waals surface area (Å²) in [5.74, 6) is 0. The van der Waals surface area contributed by atoms with E-state index in [1.807, 2.05) is 49.4 Å². The molecule has 3 nitrogen and oxygen atoms in total. The van der Waals surface area contributed by atoms with Crippen molar-refractivity contribution in [2.24, 2.45) is 0 Å². The highest BCUT2D eigenvalue weighted by molar-refractivity contribution is 7.91. The molecule has 0 aliphatic rings. The summed E-state index contributed by atoms with van der Waals surface area (Å²) in [4.78, 5) is 3.95. The molecule has 0 bridgehead atoms. The largest absolute Gasteiger partial charge is 0.354 e. The smallest absolute Gasteiger partial charge is 0.207 e. The van der Waals surface area contributed by atoms with E-state index in [0.717, 1.165) is 27.4 Å². The van der Waals surface area contributed by atoms with Crippen molar-refractivity contribution >= 4 is 31.6 Å². The molecule has 0 saturated carbocycles. The maximum atomic E-state index is 13.1. The second-order valence-electron chi connectivity index (χ2n) is 5.67. The Bertz CT molecular complexity index is 1120. The molecule has 114 valence electrons. The maximum Gasteiger partial charge on any atom is 0.207 e. The van der Waals surface area contributed by atoms with E-state index in [1.54, 1.807) is 24.3 Å². The minimum Gasteiger partial charge on any atom is -0.354 e. The lowest BCUT2D eigenvalue weighted by molar-refractivity contribution is 0.597. The molecule has 4 rings (SSSR count). The second kappa shape index (κ2) is 4.96. The van der Waals surface area contributed by atoms with Crippen LogP contribution in [0, 0.1) is 6.92 Å². The Morgan fingerprint density at radius 1 is 0.783 bits per heavy atom. The van der Waals surface area contributed by atoms with E-state index < -0.39 is 9.84 Å². The number of hydrogen-bond donors (Lipinski definition) is 1. The monoisotopic (exact) mass is 321 g/mol. The van der Waals surface area contributed by atoms with Crippen LogP contribution in [0.2, 0.25) is 0 Å². The van der Waals surface area contributed by atoms with Crippen molar-refractivity contribution in [3.8, 4) is 0 Å². The molecular weight excluding hydrogens is 306 g/mol. The van der Waals surface area contributed by atoms with Crippen molar-refractivity contribution in [3.05, 3.63) is 72.3 Å². The van der Waals surface area contributed by atoms with Crippen LogP contribution in [0.4, 0.5) is 0 Å². The minimum absolute atomic E-state index is 0.320. The first-order valence-corrected chi connectivity index (χ1v) is 8.87. The Balaban J connectivity index is 2.07. The predicted octanol–water partition coefficient (Wildman–Crippen LogP) is 4.46. The van der Waals surface area contributed by atoms with Gasteiger partial charge < -0.3 is 4.98 Å². The molecule has 1 heterocycles. The van der Waals surface area contributed by atoms with Gasteiger partial charge in [-0.15, -0.1) is 0 Å². The Morgan fingerprint density at radius 3 is 2.26 bits per heavy atom. The highest BCUT2D eigenvalue weighted by Crippen LogP contribution is 2.33. The molecule has 1 aromatic heterocycles. The fourth-order valence-corrected chi connectivity index (χ4v) is 4.43. The van der Waals surface area contributed by atoms with Gasteiger partial charge in [-0.05, 0) is 37.3 Å². The molecule has 0 amide bonds. The van der Waals surface area contributed by atoms with Gasteiger partial charge in [-0.25, -0.2) is 8.42 Å². The Morgan fingerprint density at radius 2 is 1.48 bits per heavy atom. The zero-order chi connectivity index (χ0) is 16.0. The fraction of sp³-hybridized carbons (Fsp3) is 0.0526. The van der Waals surface area contributed by atoms with Crippen LogP contribution in [0.15, 0.2) is 76.5 Å². The first-order valence-electron chi connectivity index (χ1n) is 7.38. The second-order valence-corrected chi connectivity index (χ2v) is 7.58. The van der Waals surface area contributed by atoms with Gasteiger partial charge in [0, 0.05) is 21.8 Å². The zero-order valence-corrected chi connectivity index (χ0v) is 13.4. The Hall–Kier alpha value is -2.59. The fourth-order valence-electron chi connectivity index (χ4n) is 2.94. The molecule has 4 aromatic rings. The van der Waals surface area contributed by atoms with E-state index in [1.165, 1.54) is 0 Å². The number of aromatic nitrogens is 1. The van der Waals surface area contributed by atoms with Crippen molar-refractivity contribution in [1.82, 2.24) is 4.98 Å². The third-order valence-corrected chi connectivity index (χ3v) is 5.92. The summed E-state index contributed by atoms with van der Waals surface area (Å²) in [5, 5.41) is 1.68. The SMILES string of the molecule is Cc1ccc(S(=O)(=O)c2cccc3[nH]c4ccccc4c23)cc1. The van der Waals surface area contributed by atoms with E-state index in [0.29, 0.717) is 9.79 Å². The summed E-state index contributed by atoms with van der Waals surface area (Å²) in [5.41, 5.74) is 2.81. The van der Waals surface area contributed by atoms with E-state index in [2.05, 4.69) is 4.98 Å². The molecular formula is C19H15NO2S. The lowest BCUT2D eigenvalue weighted by Gasteiger charge is -2.07. The molecule has 3 aromatic carbocycles. The van der Waals surface area contributed by atoms with E-state index in [-0.39, 0.29) is 0 Å². The van der Waals surface area contributed by atoms with Gasteiger partial charge in [-0.2, -0.15) is 0 Å². The highest BCUT2D eigenvalue weighted by atomic mass is 32.2. The van der Waals surface area contributed by atoms with E-state index in [4.69, 9.17) is 0 Å². The van der Waals surface area contributed by atoms with Crippen LogP contribution in [0.1, 0.15) is 5.56 Å². The summed E-state index contributed by atoms with van der Waals surface area (Å²) in [6.45, 7) is 1.94. The first kappa shape index (κ1) is 14.0. The normalized spacial score (nSPS) is 12.0. The summed E-state index contributed by atoms with van der Waals surface area (Å²) >= 11 is 0. The molecule has 0 aliphatic heterocycles. The summed E-state index contributed by atoms with van der Waals surface area (Å²) < 4.78 is 26.2. The van der Waals surface area contributed by atoms with Crippen molar-refractivity contribution in [2.75, 3.05) is 0 Å². The van der Waals surface area contributed by atoms with Crippen LogP contribution in [-0.4, -0.2) is 13.4 Å². The number of nitrogens with one attached hydrogen (secondary N) is 1. The molecule has 0 spiro atoms. The summed E-state index contributed by atoms with van der Waals surface area (Å²) in [6.07, 6.45) is 0. The van der Waals surface area contributed by atoms with Gasteiger partial charge in [-0.3, -0.25) is 0 Å². The number of rotatable bonds is 2.